The molecule has 6 aromatic rings. The molecule has 39 heavy (non-hydrogen) atoms. The van der Waals surface area contributed by atoms with Gasteiger partial charge >= 0.3 is 0 Å². The average molecular weight is 523 g/mol. The second kappa shape index (κ2) is 9.92. The van der Waals surface area contributed by atoms with E-state index in [4.69, 9.17) is 9.47 Å². The van der Waals surface area contributed by atoms with Crippen LogP contribution in [0.4, 0.5) is 0 Å². The van der Waals surface area contributed by atoms with E-state index < -0.39 is 0 Å². The molecule has 0 radical (unpaired) electrons. The van der Waals surface area contributed by atoms with Crippen molar-refractivity contribution in [2.45, 2.75) is 46.2 Å². The first kappa shape index (κ1) is 25.2. The molecule has 0 unspecified atom stereocenters. The van der Waals surface area contributed by atoms with E-state index in [-0.39, 0.29) is 0 Å². The zero-order valence-corrected chi connectivity index (χ0v) is 23.9. The van der Waals surface area contributed by atoms with E-state index in [0.717, 1.165) is 37.4 Å². The monoisotopic (exact) mass is 522 g/mol. The molecule has 6 nitrogen and oxygen atoms in total. The predicted octanol–water partition coefficient (Wildman–Crippen LogP) is 6.06. The number of rotatable bonds is 8. The maximum atomic E-state index is 5.47. The molecule has 4 aromatic heterocycles. The van der Waals surface area contributed by atoms with E-state index in [9.17, 15) is 0 Å². The van der Waals surface area contributed by atoms with Crippen LogP contribution in [-0.2, 0) is 27.2 Å². The van der Waals surface area contributed by atoms with Gasteiger partial charge < -0.3 is 18.6 Å². The van der Waals surface area contributed by atoms with Crippen molar-refractivity contribution in [2.24, 2.45) is 14.1 Å². The number of nitrogens with zero attached hydrogens (tertiary/aromatic N) is 4. The van der Waals surface area contributed by atoms with Crippen LogP contribution in [0.2, 0.25) is 0 Å². The maximum absolute atomic E-state index is 5.47. The molecule has 0 aliphatic rings. The minimum atomic E-state index is 0.895. The summed E-state index contributed by atoms with van der Waals surface area (Å²) in [5, 5.41) is 5.16. The van der Waals surface area contributed by atoms with Crippen LogP contribution < -0.4 is 18.6 Å². The Morgan fingerprint density at radius 1 is 0.590 bits per heavy atom. The van der Waals surface area contributed by atoms with Crippen molar-refractivity contribution in [3.8, 4) is 11.5 Å². The number of hydrogen-bond acceptors (Lipinski definition) is 2. The Morgan fingerprint density at radius 3 is 1.44 bits per heavy atom. The molecule has 0 aliphatic carbocycles. The molecule has 4 heterocycles. The first-order valence-electron chi connectivity index (χ1n) is 13.8. The van der Waals surface area contributed by atoms with Crippen LogP contribution in [0.3, 0.4) is 0 Å². The molecular weight excluding hydrogens is 484 g/mol. The summed E-state index contributed by atoms with van der Waals surface area (Å²) in [6, 6.07) is 17.2. The van der Waals surface area contributed by atoms with E-state index in [1.165, 1.54) is 61.4 Å². The Morgan fingerprint density at radius 2 is 1.03 bits per heavy atom. The molecule has 0 saturated carbocycles. The van der Waals surface area contributed by atoms with E-state index in [2.05, 4.69) is 95.0 Å². The van der Waals surface area contributed by atoms with Gasteiger partial charge in [0.25, 0.3) is 0 Å². The molecule has 2 aromatic carbocycles. The Labute approximate surface area is 229 Å². The minimum Gasteiger partial charge on any atom is -0.497 e. The molecule has 6 heteroatoms. The summed E-state index contributed by atoms with van der Waals surface area (Å²) >= 11 is 0. The van der Waals surface area contributed by atoms with Crippen LogP contribution >= 0.6 is 0 Å². The van der Waals surface area contributed by atoms with Crippen LogP contribution in [0.15, 0.2) is 60.9 Å². The van der Waals surface area contributed by atoms with E-state index >= 15 is 0 Å². The zero-order valence-electron chi connectivity index (χ0n) is 23.9. The number of ether oxygens (including phenoxy) is 2. The SMILES string of the molecule is COc1ccc2c3cc[n+](CCCCC[n+]4ccc5c6ccc(OC)cc6n(C)c5c4C)c(C)c3n(C)c2c1. The maximum Gasteiger partial charge on any atom is 0.202 e. The van der Waals surface area contributed by atoms with Gasteiger partial charge in [0.2, 0.25) is 11.4 Å². The first-order valence-corrected chi connectivity index (χ1v) is 13.8. The summed E-state index contributed by atoms with van der Waals surface area (Å²) in [6.45, 7) is 6.54. The Kier molecular flexibility index (Phi) is 6.42. The van der Waals surface area contributed by atoms with Crippen molar-refractivity contribution in [3.05, 3.63) is 72.3 Å². The van der Waals surface area contributed by atoms with Crippen LogP contribution in [0, 0.1) is 13.8 Å². The van der Waals surface area contributed by atoms with Crippen molar-refractivity contribution in [1.29, 1.82) is 0 Å². The lowest BCUT2D eigenvalue weighted by atomic mass is 10.1. The number of fused-ring (bicyclic) bond motifs is 6. The second-order valence-corrected chi connectivity index (χ2v) is 10.7. The number of pyridine rings is 2. The zero-order chi connectivity index (χ0) is 27.3. The molecular formula is C33H38N4O2+2. The molecule has 0 aliphatic heterocycles. The number of aromatic nitrogens is 4. The lowest BCUT2D eigenvalue weighted by molar-refractivity contribution is -0.705. The number of hydrogen-bond donors (Lipinski definition) is 0. The highest BCUT2D eigenvalue weighted by Gasteiger charge is 2.20. The number of unbranched alkanes of at least 4 members (excludes halogenated alkanes) is 2. The van der Waals surface area contributed by atoms with E-state index in [1.54, 1.807) is 14.2 Å². The lowest BCUT2D eigenvalue weighted by Crippen LogP contribution is -2.38. The van der Waals surface area contributed by atoms with Gasteiger partial charge in [-0.1, -0.05) is 0 Å². The van der Waals surface area contributed by atoms with Crippen molar-refractivity contribution >= 4 is 43.6 Å². The molecule has 200 valence electrons. The molecule has 6 rings (SSSR count). The summed E-state index contributed by atoms with van der Waals surface area (Å²) in [5.41, 5.74) is 7.64. The van der Waals surface area contributed by atoms with Crippen molar-refractivity contribution in [3.63, 3.8) is 0 Å². The van der Waals surface area contributed by atoms with Crippen LogP contribution in [0.25, 0.3) is 43.6 Å². The highest BCUT2D eigenvalue weighted by molar-refractivity contribution is 6.09. The van der Waals surface area contributed by atoms with Crippen LogP contribution in [-0.4, -0.2) is 23.4 Å². The normalized spacial score (nSPS) is 11.8. The summed E-state index contributed by atoms with van der Waals surface area (Å²) in [4.78, 5) is 0. The predicted molar refractivity (Wildman–Crippen MR) is 158 cm³/mol. The molecule has 0 fully saturated rings. The summed E-state index contributed by atoms with van der Waals surface area (Å²) in [7, 11) is 7.76. The number of benzene rings is 2. The Bertz CT molecular complexity index is 1730. The van der Waals surface area contributed by atoms with Crippen molar-refractivity contribution < 1.29 is 18.6 Å². The number of methoxy groups -OCH3 is 2. The quantitative estimate of drug-likeness (QED) is 0.180. The Hall–Kier alpha value is -4.06. The third kappa shape index (κ3) is 4.10. The second-order valence-electron chi connectivity index (χ2n) is 10.7. The highest BCUT2D eigenvalue weighted by Crippen LogP contribution is 2.32. The smallest absolute Gasteiger partial charge is 0.202 e. The summed E-state index contributed by atoms with van der Waals surface area (Å²) in [5.74, 6) is 1.79. The minimum absolute atomic E-state index is 0.895. The van der Waals surface area contributed by atoms with Crippen LogP contribution in [0.1, 0.15) is 30.7 Å². The molecule has 0 bridgehead atoms. The molecule has 0 atom stereocenters. The largest absolute Gasteiger partial charge is 0.497 e. The number of aryl methyl sites for hydroxylation is 6. The fraction of sp³-hybridized carbons (Fsp3) is 0.333. The Balaban J connectivity index is 1.16. The van der Waals surface area contributed by atoms with Gasteiger partial charge in [-0.25, -0.2) is 9.13 Å². The molecule has 0 spiro atoms. The van der Waals surface area contributed by atoms with Crippen molar-refractivity contribution in [1.82, 2.24) is 9.13 Å². The first-order chi connectivity index (χ1) is 18.9. The van der Waals surface area contributed by atoms with Crippen LogP contribution in [0.5, 0.6) is 11.5 Å². The van der Waals surface area contributed by atoms with Gasteiger partial charge in [0.15, 0.2) is 12.4 Å². The topological polar surface area (TPSA) is 36.1 Å². The van der Waals surface area contributed by atoms with Gasteiger partial charge in [-0.3, -0.25) is 0 Å². The van der Waals surface area contributed by atoms with Gasteiger partial charge in [-0.15, -0.1) is 0 Å². The standard InChI is InChI=1S/C33H38N4O2/c1-22-32-28(26-12-10-24(38-5)20-30(26)34(32)3)14-18-36(22)16-8-7-9-17-37-19-15-29-27-13-11-25(39-6)21-31(27)35(4)33(29)23(37)2/h10-15,18-21H,7-9,16-17H2,1-6H3/q+2. The van der Waals surface area contributed by atoms with E-state index in [0.29, 0.717) is 0 Å². The third-order valence-electron chi connectivity index (χ3n) is 8.58. The van der Waals surface area contributed by atoms with Crippen molar-refractivity contribution in [2.75, 3.05) is 14.2 Å². The molecule has 0 N–H and O–H groups in total. The fourth-order valence-corrected chi connectivity index (χ4v) is 6.41. The van der Waals surface area contributed by atoms with Gasteiger partial charge in [0.05, 0.1) is 25.3 Å². The summed E-state index contributed by atoms with van der Waals surface area (Å²) < 4.78 is 20.4. The van der Waals surface area contributed by atoms with Gasteiger partial charge in [-0.2, -0.15) is 0 Å². The molecule has 0 amide bonds. The fourth-order valence-electron chi connectivity index (χ4n) is 6.41. The third-order valence-corrected chi connectivity index (χ3v) is 8.58. The summed E-state index contributed by atoms with van der Waals surface area (Å²) in [6.07, 6.45) is 8.01. The highest BCUT2D eigenvalue weighted by atomic mass is 16.5. The van der Waals surface area contributed by atoms with Gasteiger partial charge in [0.1, 0.15) is 35.6 Å². The average Bonchev–Trinajstić information content (AvgIpc) is 3.41. The van der Waals surface area contributed by atoms with Gasteiger partial charge in [0, 0.05) is 86.6 Å². The molecule has 0 saturated heterocycles. The lowest BCUT2D eigenvalue weighted by Gasteiger charge is -2.05. The van der Waals surface area contributed by atoms with E-state index in [1.807, 2.05) is 12.1 Å². The van der Waals surface area contributed by atoms with Gasteiger partial charge in [-0.05, 0) is 30.7 Å².